The third-order valence-electron chi connectivity index (χ3n) is 5.19. The molecule has 2 atom stereocenters. The molecule has 30 heavy (non-hydrogen) atoms. The first-order valence-electron chi connectivity index (χ1n) is 10.0. The molecule has 1 aliphatic heterocycles. The molecule has 1 fully saturated rings. The number of benzene rings is 1. The average Bonchev–Trinajstić information content (AvgIpc) is 3.04. The van der Waals surface area contributed by atoms with Gasteiger partial charge in [0.15, 0.2) is 14.8 Å². The lowest BCUT2D eigenvalue weighted by Crippen LogP contribution is -2.53. The highest BCUT2D eigenvalue weighted by Crippen LogP contribution is 2.43. The third-order valence-corrected chi connectivity index (χ3v) is 6.07. The van der Waals surface area contributed by atoms with Crippen LogP contribution in [0.3, 0.4) is 0 Å². The van der Waals surface area contributed by atoms with Crippen LogP contribution in [0.4, 0.5) is 10.5 Å². The highest BCUT2D eigenvalue weighted by molar-refractivity contribution is 6.48. The largest absolute Gasteiger partial charge is 0.444 e. The van der Waals surface area contributed by atoms with E-state index >= 15 is 0 Å². The smallest absolute Gasteiger partial charge is 0.412 e. The topological polar surface area (TPSA) is 106 Å². The minimum atomic E-state index is -1.52. The Morgan fingerprint density at radius 3 is 2.53 bits per heavy atom. The number of carbonyl (C=O) groups excluding carboxylic acids is 1. The van der Waals surface area contributed by atoms with Crippen molar-refractivity contribution in [2.24, 2.45) is 16.4 Å². The lowest BCUT2D eigenvalue weighted by atomic mass is 9.79. The predicted molar refractivity (Wildman–Crippen MR) is 118 cm³/mol. The van der Waals surface area contributed by atoms with Gasteiger partial charge in [0, 0.05) is 32.1 Å². The number of hydrazone groups is 1. The molecule has 0 spiro atoms. The Hall–Kier alpha value is -2.46. The quantitative estimate of drug-likeness (QED) is 0.303. The summed E-state index contributed by atoms with van der Waals surface area (Å²) in [6, 6.07) is 5.96. The maximum absolute atomic E-state index is 13.1. The van der Waals surface area contributed by atoms with Gasteiger partial charge in [0.1, 0.15) is 6.61 Å². The molecule has 0 unspecified atom stereocenters. The fraction of sp³-hybridized carbons (Fsp3) is 0.600. The van der Waals surface area contributed by atoms with Gasteiger partial charge >= 0.3 is 6.09 Å². The molecule has 0 radical (unpaired) electrons. The molecular weight excluding hydrogens is 404 g/mol. The lowest BCUT2D eigenvalue weighted by molar-refractivity contribution is -0.384. The Morgan fingerprint density at radius 1 is 1.40 bits per heavy atom. The molecule has 0 aromatic heterocycles. The second kappa shape index (κ2) is 9.56. The molecule has 9 nitrogen and oxygen atoms in total. The van der Waals surface area contributed by atoms with Crippen LogP contribution in [0.1, 0.15) is 32.8 Å². The number of nitro benzene ring substituents is 1. The molecule has 1 aliphatic rings. The Labute approximate surface area is 179 Å². The van der Waals surface area contributed by atoms with E-state index in [2.05, 4.69) is 44.4 Å². The molecule has 1 aromatic rings. The fourth-order valence-electron chi connectivity index (χ4n) is 3.49. The molecule has 1 heterocycles. The van der Waals surface area contributed by atoms with Gasteiger partial charge in [0.05, 0.1) is 11.1 Å². The molecule has 1 amide bonds. The number of non-ortho nitro benzene ring substituents is 1. The normalized spacial score (nSPS) is 22.0. The molecule has 0 aliphatic carbocycles. The number of hydrogen-bond acceptors (Lipinski definition) is 7. The Morgan fingerprint density at radius 2 is 2.03 bits per heavy atom. The van der Waals surface area contributed by atoms with E-state index in [1.807, 2.05) is 0 Å². The monoisotopic (exact) mass is 436 g/mol. The lowest BCUT2D eigenvalue weighted by Gasteiger charge is -2.36. The molecule has 0 bridgehead atoms. The van der Waals surface area contributed by atoms with Gasteiger partial charge in [-0.1, -0.05) is 20.8 Å². The summed E-state index contributed by atoms with van der Waals surface area (Å²) in [5.74, 6) is 0.209. The van der Waals surface area contributed by atoms with E-state index in [0.717, 1.165) is 0 Å². The minimum absolute atomic E-state index is 0.00442. The Kier molecular flexibility index (Phi) is 7.59. The van der Waals surface area contributed by atoms with Gasteiger partial charge in [0.2, 0.25) is 0 Å². The SMILES string of the molecule is CNN=C[C@@]1(O[SiH](C)C)C[C@H](C(C)(C)C)CN1C(=O)OCc1ccc([N+](=O)[O-])cc1. The van der Waals surface area contributed by atoms with Gasteiger partial charge in [-0.2, -0.15) is 5.10 Å². The van der Waals surface area contributed by atoms with E-state index in [4.69, 9.17) is 9.16 Å². The van der Waals surface area contributed by atoms with Crippen LogP contribution >= 0.6 is 0 Å². The molecule has 1 N–H and O–H groups in total. The molecule has 166 valence electrons. The van der Waals surface area contributed by atoms with E-state index in [-0.39, 0.29) is 23.6 Å². The van der Waals surface area contributed by atoms with Gasteiger partial charge in [0.25, 0.3) is 5.69 Å². The number of likely N-dealkylation sites (tertiary alicyclic amines) is 1. The maximum atomic E-state index is 13.1. The number of nitro groups is 1. The zero-order valence-corrected chi connectivity index (χ0v) is 19.7. The zero-order valence-electron chi connectivity index (χ0n) is 18.5. The molecule has 1 saturated heterocycles. The van der Waals surface area contributed by atoms with Crippen molar-refractivity contribution >= 4 is 27.0 Å². The summed E-state index contributed by atoms with van der Waals surface area (Å²) in [7, 11) is 0.177. The van der Waals surface area contributed by atoms with Crippen LogP contribution in [-0.4, -0.2) is 50.5 Å². The van der Waals surface area contributed by atoms with Crippen molar-refractivity contribution < 1.29 is 18.9 Å². The number of nitrogens with zero attached hydrogens (tertiary/aromatic N) is 3. The highest BCUT2D eigenvalue weighted by atomic mass is 28.3. The minimum Gasteiger partial charge on any atom is -0.444 e. The second-order valence-electron chi connectivity index (χ2n) is 8.85. The van der Waals surface area contributed by atoms with Crippen molar-refractivity contribution in [1.82, 2.24) is 10.3 Å². The summed E-state index contributed by atoms with van der Waals surface area (Å²) in [6.45, 7) is 11.1. The summed E-state index contributed by atoms with van der Waals surface area (Å²) in [5.41, 5.74) is 2.45. The van der Waals surface area contributed by atoms with E-state index in [1.165, 1.54) is 12.1 Å². The summed E-state index contributed by atoms with van der Waals surface area (Å²) < 4.78 is 11.9. The van der Waals surface area contributed by atoms with E-state index in [1.54, 1.807) is 30.3 Å². The van der Waals surface area contributed by atoms with Crippen molar-refractivity contribution in [1.29, 1.82) is 0 Å². The molecular formula is C20H32N4O5Si. The molecule has 10 heteroatoms. The molecule has 1 aromatic carbocycles. The van der Waals surface area contributed by atoms with Crippen molar-refractivity contribution in [3.63, 3.8) is 0 Å². The highest BCUT2D eigenvalue weighted by Gasteiger charge is 2.52. The first-order valence-corrected chi connectivity index (χ1v) is 12.8. The number of hydrogen-bond donors (Lipinski definition) is 1. The number of rotatable bonds is 7. The number of carbonyl (C=O) groups is 1. The van der Waals surface area contributed by atoms with Crippen LogP contribution in [-0.2, 0) is 15.8 Å². The maximum Gasteiger partial charge on any atom is 0.412 e. The predicted octanol–water partition coefficient (Wildman–Crippen LogP) is 3.50. The van der Waals surface area contributed by atoms with Crippen LogP contribution in [0.2, 0.25) is 13.1 Å². The van der Waals surface area contributed by atoms with Crippen LogP contribution < -0.4 is 5.43 Å². The first-order chi connectivity index (χ1) is 14.0. The second-order valence-corrected chi connectivity index (χ2v) is 11.2. The van der Waals surface area contributed by atoms with Gasteiger partial charge in [-0.3, -0.25) is 15.0 Å². The fourth-order valence-corrected chi connectivity index (χ4v) is 4.59. The standard InChI is InChI=1S/C20H32N4O5Si/c1-19(2,3)16-11-20(14-22-21-4,29-30(5)6)23(12-16)18(25)28-13-15-7-9-17(10-8-15)24(26)27/h7-10,14,16,21,30H,11-13H2,1-6H3/t16-,20-/m0/s1. The van der Waals surface area contributed by atoms with Crippen LogP contribution in [0.15, 0.2) is 29.4 Å². The Balaban J connectivity index is 2.23. The van der Waals surface area contributed by atoms with Gasteiger partial charge < -0.3 is 14.6 Å². The van der Waals surface area contributed by atoms with Crippen molar-refractivity contribution in [2.45, 2.75) is 52.6 Å². The van der Waals surface area contributed by atoms with E-state index < -0.39 is 25.8 Å². The van der Waals surface area contributed by atoms with E-state index in [0.29, 0.717) is 18.5 Å². The van der Waals surface area contributed by atoms with Gasteiger partial charge in [-0.05, 0) is 42.1 Å². The van der Waals surface area contributed by atoms with Crippen molar-refractivity contribution in [3.8, 4) is 0 Å². The summed E-state index contributed by atoms with van der Waals surface area (Å²) in [5, 5.41) is 15.0. The summed E-state index contributed by atoms with van der Waals surface area (Å²) >= 11 is 0. The van der Waals surface area contributed by atoms with Crippen LogP contribution in [0.25, 0.3) is 0 Å². The van der Waals surface area contributed by atoms with Gasteiger partial charge in [-0.25, -0.2) is 4.79 Å². The summed E-state index contributed by atoms with van der Waals surface area (Å²) in [6.07, 6.45) is 1.82. The molecule has 2 rings (SSSR count). The first kappa shape index (κ1) is 23.8. The number of ether oxygens (including phenoxy) is 1. The number of amides is 1. The van der Waals surface area contributed by atoms with E-state index in [9.17, 15) is 14.9 Å². The summed E-state index contributed by atoms with van der Waals surface area (Å²) in [4.78, 5) is 25.0. The molecule has 0 saturated carbocycles. The van der Waals surface area contributed by atoms with Crippen molar-refractivity contribution in [3.05, 3.63) is 39.9 Å². The van der Waals surface area contributed by atoms with Crippen molar-refractivity contribution in [2.75, 3.05) is 13.6 Å². The van der Waals surface area contributed by atoms with Crippen LogP contribution in [0.5, 0.6) is 0 Å². The Bertz CT molecular complexity index is 778. The zero-order chi connectivity index (χ0) is 22.5. The third kappa shape index (κ3) is 5.79. The average molecular weight is 437 g/mol. The van der Waals surface area contributed by atoms with Gasteiger partial charge in [-0.15, -0.1) is 0 Å². The van der Waals surface area contributed by atoms with Crippen LogP contribution in [0, 0.1) is 21.4 Å². The number of nitrogens with one attached hydrogen (secondary N) is 1.